The smallest absolute Gasteiger partial charge is 0.490 e. The first kappa shape index (κ1) is 26.8. The van der Waals surface area contributed by atoms with Crippen molar-refractivity contribution in [1.29, 1.82) is 0 Å². The van der Waals surface area contributed by atoms with Gasteiger partial charge in [-0.1, -0.05) is 28.7 Å². The van der Waals surface area contributed by atoms with Crippen molar-refractivity contribution in [2.24, 2.45) is 0 Å². The molecule has 1 aromatic carbocycles. The number of aromatic amines is 1. The number of fused-ring (bicyclic) bond motifs is 1. The van der Waals surface area contributed by atoms with Crippen LogP contribution >= 0.6 is 22.7 Å². The van der Waals surface area contributed by atoms with Crippen LogP contribution in [-0.2, 0) is 4.79 Å². The van der Waals surface area contributed by atoms with Crippen LogP contribution in [0.25, 0.3) is 31.4 Å². The summed E-state index contributed by atoms with van der Waals surface area (Å²) in [5.74, 6) is -2.54. The van der Waals surface area contributed by atoms with Crippen LogP contribution in [0.4, 0.5) is 18.3 Å². The van der Waals surface area contributed by atoms with Gasteiger partial charge in [-0.2, -0.15) is 18.3 Å². The number of carboxylic acids is 1. The third kappa shape index (κ3) is 6.19. The van der Waals surface area contributed by atoms with E-state index in [1.807, 2.05) is 12.1 Å². The van der Waals surface area contributed by atoms with Gasteiger partial charge in [0.15, 0.2) is 14.8 Å². The standard InChI is InChI=1S/C21H24N6OS2.C2HF3O2/c1-11-6-15(7-12(2)24-11)27(3)21-26-20-19(30-21)25-18(29-20)16-5-4-13(8-17(16)28)14-9-22-23-10-14;3-2(4,5)1(6)7/h4-5,8-12,15,24,28H,6-7H2,1-3H3,(H,22,23);(H,6,7)/t11-,12+,15?;. The quantitative estimate of drug-likeness (QED) is 0.274. The summed E-state index contributed by atoms with van der Waals surface area (Å²) in [6.07, 6.45) is 0.687. The van der Waals surface area contributed by atoms with Crippen LogP contribution in [0.5, 0.6) is 5.75 Å². The second kappa shape index (κ2) is 10.6. The Morgan fingerprint density at radius 2 is 1.76 bits per heavy atom. The van der Waals surface area contributed by atoms with Crippen LogP contribution in [0.1, 0.15) is 26.7 Å². The largest absolute Gasteiger partial charge is 0.507 e. The summed E-state index contributed by atoms with van der Waals surface area (Å²) < 4.78 is 31.7. The Kier molecular flexibility index (Phi) is 7.71. The van der Waals surface area contributed by atoms with E-state index in [0.29, 0.717) is 18.1 Å². The van der Waals surface area contributed by atoms with Gasteiger partial charge in [0.05, 0.1) is 11.8 Å². The molecular formula is C23H25F3N6O3S2. The number of benzene rings is 1. The summed E-state index contributed by atoms with van der Waals surface area (Å²) in [5.41, 5.74) is 2.58. The van der Waals surface area contributed by atoms with Crippen LogP contribution < -0.4 is 10.2 Å². The molecule has 4 N–H and O–H groups in total. The van der Waals surface area contributed by atoms with E-state index in [1.165, 1.54) is 11.3 Å². The van der Waals surface area contributed by atoms with Gasteiger partial charge in [0, 0.05) is 36.9 Å². The molecule has 14 heteroatoms. The monoisotopic (exact) mass is 554 g/mol. The maximum atomic E-state index is 10.6. The van der Waals surface area contributed by atoms with Gasteiger partial charge < -0.3 is 20.4 Å². The number of H-pyrrole nitrogens is 1. The number of rotatable bonds is 4. The third-order valence-electron chi connectivity index (χ3n) is 5.94. The summed E-state index contributed by atoms with van der Waals surface area (Å²) in [6, 6.07) is 7.14. The lowest BCUT2D eigenvalue weighted by Gasteiger charge is -2.38. The van der Waals surface area contributed by atoms with Crippen LogP contribution in [0.2, 0.25) is 0 Å². The van der Waals surface area contributed by atoms with E-state index in [0.717, 1.165) is 49.3 Å². The van der Waals surface area contributed by atoms with Crippen molar-refractivity contribution in [3.63, 3.8) is 0 Å². The molecule has 1 aliphatic rings. The van der Waals surface area contributed by atoms with Gasteiger partial charge in [-0.05, 0) is 44.4 Å². The number of halogens is 3. The number of carboxylic acid groups (broad SMARTS) is 1. The van der Waals surface area contributed by atoms with Crippen molar-refractivity contribution in [3.8, 4) is 27.4 Å². The minimum Gasteiger partial charge on any atom is -0.507 e. The maximum absolute atomic E-state index is 10.6. The number of hydrogen-bond acceptors (Lipinski definition) is 9. The van der Waals surface area contributed by atoms with E-state index in [1.54, 1.807) is 29.8 Å². The van der Waals surface area contributed by atoms with Crippen molar-refractivity contribution in [2.45, 2.75) is 51.0 Å². The van der Waals surface area contributed by atoms with Crippen LogP contribution in [0, 0.1) is 0 Å². The topological polar surface area (TPSA) is 127 Å². The molecule has 1 unspecified atom stereocenters. The highest BCUT2D eigenvalue weighted by Gasteiger charge is 2.38. The summed E-state index contributed by atoms with van der Waals surface area (Å²) in [5, 5.41) is 29.9. The molecule has 4 aromatic rings. The minimum absolute atomic E-state index is 0.213. The average Bonchev–Trinajstić information content (AvgIpc) is 3.54. The molecule has 3 aromatic heterocycles. The van der Waals surface area contributed by atoms with E-state index >= 15 is 0 Å². The predicted octanol–water partition coefficient (Wildman–Crippen LogP) is 5.11. The third-order valence-corrected chi connectivity index (χ3v) is 8.09. The van der Waals surface area contributed by atoms with Crippen LogP contribution in [0.3, 0.4) is 0 Å². The molecule has 3 atom stereocenters. The number of nitrogens with one attached hydrogen (secondary N) is 2. The molecule has 0 radical (unpaired) electrons. The summed E-state index contributed by atoms with van der Waals surface area (Å²) in [6.45, 7) is 4.49. The lowest BCUT2D eigenvalue weighted by Crippen LogP contribution is -2.49. The van der Waals surface area contributed by atoms with E-state index in [-0.39, 0.29) is 5.75 Å². The molecule has 0 bridgehead atoms. The lowest BCUT2D eigenvalue weighted by atomic mass is 9.95. The highest BCUT2D eigenvalue weighted by atomic mass is 32.1. The number of piperidine rings is 1. The summed E-state index contributed by atoms with van der Waals surface area (Å²) >= 11 is 3.15. The average molecular weight is 555 g/mol. The second-order valence-electron chi connectivity index (χ2n) is 8.85. The van der Waals surface area contributed by atoms with Crippen molar-refractivity contribution in [3.05, 3.63) is 30.6 Å². The first-order valence-electron chi connectivity index (χ1n) is 11.3. The molecule has 1 fully saturated rings. The molecule has 0 amide bonds. The minimum atomic E-state index is -5.08. The number of phenols is 1. The molecule has 0 aliphatic carbocycles. The van der Waals surface area contributed by atoms with E-state index in [9.17, 15) is 18.3 Å². The Hall–Kier alpha value is -3.23. The molecule has 1 aliphatic heterocycles. The number of phenolic OH excluding ortho intramolecular Hbond substituents is 1. The molecule has 37 heavy (non-hydrogen) atoms. The number of aromatic hydroxyl groups is 1. The first-order valence-corrected chi connectivity index (χ1v) is 12.9. The second-order valence-corrected chi connectivity index (χ2v) is 10.8. The SMILES string of the molecule is C[C@@H]1CC(N(C)c2nc3sc(-c4ccc(-c5cn[nH]c5)cc4O)nc3s2)C[C@H](C)N1.O=C(O)C(F)(F)F. The first-order chi connectivity index (χ1) is 17.4. The fourth-order valence-electron chi connectivity index (χ4n) is 4.20. The fraction of sp³-hybridized carbons (Fsp3) is 0.391. The zero-order chi connectivity index (χ0) is 26.9. The highest BCUT2D eigenvalue weighted by Crippen LogP contribution is 2.40. The number of carbonyl (C=O) groups is 1. The number of hydrogen-bond donors (Lipinski definition) is 4. The number of thiazole rings is 2. The van der Waals surface area contributed by atoms with Crippen molar-refractivity contribution in [1.82, 2.24) is 25.5 Å². The van der Waals surface area contributed by atoms with Gasteiger partial charge in [0.2, 0.25) is 0 Å². The maximum Gasteiger partial charge on any atom is 0.490 e. The number of anilines is 1. The lowest BCUT2D eigenvalue weighted by molar-refractivity contribution is -0.192. The van der Waals surface area contributed by atoms with Crippen molar-refractivity contribution in [2.75, 3.05) is 11.9 Å². The Morgan fingerprint density at radius 1 is 1.11 bits per heavy atom. The molecule has 198 valence electrons. The predicted molar refractivity (Wildman–Crippen MR) is 137 cm³/mol. The van der Waals surface area contributed by atoms with Gasteiger partial charge >= 0.3 is 12.1 Å². The molecular weight excluding hydrogens is 529 g/mol. The highest BCUT2D eigenvalue weighted by molar-refractivity contribution is 7.29. The normalized spacial score (nSPS) is 19.9. The van der Waals surface area contributed by atoms with E-state index in [2.05, 4.69) is 41.3 Å². The molecule has 1 saturated heterocycles. The van der Waals surface area contributed by atoms with E-state index < -0.39 is 12.1 Å². The van der Waals surface area contributed by atoms with Gasteiger partial charge in [0.25, 0.3) is 0 Å². The molecule has 9 nitrogen and oxygen atoms in total. The number of aromatic nitrogens is 4. The number of nitrogens with zero attached hydrogens (tertiary/aromatic N) is 4. The van der Waals surface area contributed by atoms with Gasteiger partial charge in [-0.15, -0.1) is 0 Å². The molecule has 0 saturated carbocycles. The van der Waals surface area contributed by atoms with Crippen molar-refractivity contribution >= 4 is 43.4 Å². The summed E-state index contributed by atoms with van der Waals surface area (Å²) in [7, 11) is 2.14. The Labute approximate surface area is 218 Å². The summed E-state index contributed by atoms with van der Waals surface area (Å²) in [4.78, 5) is 22.7. The molecule has 4 heterocycles. The van der Waals surface area contributed by atoms with Gasteiger partial charge in [-0.3, -0.25) is 5.10 Å². The van der Waals surface area contributed by atoms with E-state index in [4.69, 9.17) is 19.9 Å². The van der Waals surface area contributed by atoms with Gasteiger partial charge in [0.1, 0.15) is 10.8 Å². The van der Waals surface area contributed by atoms with Crippen LogP contribution in [0.15, 0.2) is 30.6 Å². The van der Waals surface area contributed by atoms with Crippen LogP contribution in [-0.4, -0.2) is 67.7 Å². The Bertz CT molecular complexity index is 1330. The van der Waals surface area contributed by atoms with Gasteiger partial charge in [-0.25, -0.2) is 14.8 Å². The molecule has 5 rings (SSSR count). The molecule has 0 spiro atoms. The zero-order valence-electron chi connectivity index (χ0n) is 20.1. The fourth-order valence-corrected chi connectivity index (χ4v) is 6.31. The Morgan fingerprint density at radius 3 is 2.30 bits per heavy atom. The number of alkyl halides is 3. The number of aliphatic carboxylic acids is 1. The van der Waals surface area contributed by atoms with Crippen molar-refractivity contribution < 1.29 is 28.2 Å². The zero-order valence-corrected chi connectivity index (χ0v) is 21.7. The Balaban J connectivity index is 0.000000405.